The van der Waals surface area contributed by atoms with E-state index in [2.05, 4.69) is 20.5 Å². The third kappa shape index (κ3) is 3.42. The van der Waals surface area contributed by atoms with Gasteiger partial charge in [0.05, 0.1) is 35.3 Å². The van der Waals surface area contributed by atoms with Gasteiger partial charge in [-0.05, 0) is 26.0 Å². The summed E-state index contributed by atoms with van der Waals surface area (Å²) < 4.78 is 4.77. The van der Waals surface area contributed by atoms with E-state index in [1.165, 1.54) is 17.1 Å². The van der Waals surface area contributed by atoms with Crippen molar-refractivity contribution in [1.29, 1.82) is 0 Å². The molecule has 0 saturated heterocycles. The number of anilines is 1. The molecule has 0 atom stereocenters. The summed E-state index contributed by atoms with van der Waals surface area (Å²) in [5, 5.41) is 11.9. The van der Waals surface area contributed by atoms with Crippen molar-refractivity contribution in [3.05, 3.63) is 64.6 Å². The molecule has 1 N–H and O–H groups in total. The highest BCUT2D eigenvalue weighted by atomic mass is 16.2. The van der Waals surface area contributed by atoms with Gasteiger partial charge in [0.1, 0.15) is 5.39 Å². The van der Waals surface area contributed by atoms with Crippen LogP contribution in [-0.2, 0) is 18.4 Å². The molecule has 3 heterocycles. The number of rotatable bonds is 5. The predicted molar refractivity (Wildman–Crippen MR) is 109 cm³/mol. The molecule has 1 amide bonds. The van der Waals surface area contributed by atoms with Crippen LogP contribution in [0.1, 0.15) is 17.8 Å². The summed E-state index contributed by atoms with van der Waals surface area (Å²) in [6, 6.07) is 9.74. The SMILES string of the molecule is Cc1nn(-c2ccccc2)c(C)c1NC(=O)CCn1cnc2c(cnn2C)c1=O. The molecule has 4 rings (SSSR count). The van der Waals surface area contributed by atoms with Crippen LogP contribution in [0.4, 0.5) is 5.69 Å². The Balaban J connectivity index is 1.49. The van der Waals surface area contributed by atoms with E-state index in [0.29, 0.717) is 16.7 Å². The Morgan fingerprint density at radius 1 is 1.17 bits per heavy atom. The van der Waals surface area contributed by atoms with Gasteiger partial charge in [-0.3, -0.25) is 18.8 Å². The largest absolute Gasteiger partial charge is 0.323 e. The van der Waals surface area contributed by atoms with Crippen molar-refractivity contribution in [3.63, 3.8) is 0 Å². The van der Waals surface area contributed by atoms with Crippen molar-refractivity contribution < 1.29 is 4.79 Å². The number of nitrogens with one attached hydrogen (secondary N) is 1. The monoisotopic (exact) mass is 391 g/mol. The maximum Gasteiger partial charge on any atom is 0.264 e. The highest BCUT2D eigenvalue weighted by Gasteiger charge is 2.16. The number of hydrogen-bond acceptors (Lipinski definition) is 5. The second-order valence-electron chi connectivity index (χ2n) is 6.84. The van der Waals surface area contributed by atoms with E-state index in [4.69, 9.17) is 0 Å². The Hall–Kier alpha value is -3.75. The Bertz CT molecular complexity index is 1250. The van der Waals surface area contributed by atoms with Gasteiger partial charge in [0.15, 0.2) is 5.65 Å². The summed E-state index contributed by atoms with van der Waals surface area (Å²) in [6.45, 7) is 3.99. The smallest absolute Gasteiger partial charge is 0.264 e. The quantitative estimate of drug-likeness (QED) is 0.561. The normalized spacial score (nSPS) is 11.1. The lowest BCUT2D eigenvalue weighted by atomic mass is 10.2. The van der Waals surface area contributed by atoms with Crippen LogP contribution in [0.5, 0.6) is 0 Å². The van der Waals surface area contributed by atoms with E-state index < -0.39 is 0 Å². The standard InChI is InChI=1S/C20H21N7O2/c1-13-18(14(2)27(24-13)15-7-5-4-6-8-15)23-17(28)9-10-26-12-21-19-16(20(26)29)11-22-25(19)3/h4-8,11-12H,9-10H2,1-3H3,(H,23,28). The number of aromatic nitrogens is 6. The van der Waals surface area contributed by atoms with Crippen molar-refractivity contribution in [3.8, 4) is 5.69 Å². The molecule has 0 fully saturated rings. The van der Waals surface area contributed by atoms with Crippen molar-refractivity contribution in [1.82, 2.24) is 29.1 Å². The van der Waals surface area contributed by atoms with Gasteiger partial charge in [0, 0.05) is 20.0 Å². The third-order valence-electron chi connectivity index (χ3n) is 4.85. The van der Waals surface area contributed by atoms with Crippen LogP contribution in [0.2, 0.25) is 0 Å². The van der Waals surface area contributed by atoms with Crippen LogP contribution in [0, 0.1) is 13.8 Å². The van der Waals surface area contributed by atoms with Gasteiger partial charge in [-0.1, -0.05) is 18.2 Å². The predicted octanol–water partition coefficient (Wildman–Crippen LogP) is 1.96. The summed E-state index contributed by atoms with van der Waals surface area (Å²) in [5.41, 5.74) is 3.51. The maximum absolute atomic E-state index is 12.5. The number of fused-ring (bicyclic) bond motifs is 1. The number of carbonyl (C=O) groups is 1. The topological polar surface area (TPSA) is 99.6 Å². The van der Waals surface area contributed by atoms with Crippen LogP contribution in [0.25, 0.3) is 16.7 Å². The first-order chi connectivity index (χ1) is 14.0. The van der Waals surface area contributed by atoms with Crippen LogP contribution < -0.4 is 10.9 Å². The van der Waals surface area contributed by atoms with E-state index in [0.717, 1.165) is 17.1 Å². The minimum atomic E-state index is -0.208. The molecule has 0 aliphatic rings. The minimum absolute atomic E-state index is 0.142. The van der Waals surface area contributed by atoms with E-state index in [-0.39, 0.29) is 24.4 Å². The van der Waals surface area contributed by atoms with Gasteiger partial charge < -0.3 is 5.32 Å². The van der Waals surface area contributed by atoms with Gasteiger partial charge in [0.2, 0.25) is 5.91 Å². The molecule has 4 aromatic rings. The zero-order chi connectivity index (χ0) is 20.5. The van der Waals surface area contributed by atoms with E-state index in [1.54, 1.807) is 16.4 Å². The number of aryl methyl sites for hydroxylation is 3. The molecule has 1 aromatic carbocycles. The molecule has 0 unspecified atom stereocenters. The zero-order valence-corrected chi connectivity index (χ0v) is 16.5. The molecule has 0 aliphatic heterocycles. The Morgan fingerprint density at radius 2 is 1.93 bits per heavy atom. The number of hydrogen-bond donors (Lipinski definition) is 1. The van der Waals surface area contributed by atoms with Gasteiger partial charge in [-0.15, -0.1) is 0 Å². The van der Waals surface area contributed by atoms with Crippen LogP contribution >= 0.6 is 0 Å². The number of benzene rings is 1. The molecule has 29 heavy (non-hydrogen) atoms. The average molecular weight is 391 g/mol. The lowest BCUT2D eigenvalue weighted by Crippen LogP contribution is -2.23. The third-order valence-corrected chi connectivity index (χ3v) is 4.85. The molecule has 9 heteroatoms. The second kappa shape index (κ2) is 7.34. The van der Waals surface area contributed by atoms with Crippen LogP contribution in [0.15, 0.2) is 47.7 Å². The first-order valence-electron chi connectivity index (χ1n) is 9.24. The van der Waals surface area contributed by atoms with E-state index in [9.17, 15) is 9.59 Å². The zero-order valence-electron chi connectivity index (χ0n) is 16.5. The number of amides is 1. The van der Waals surface area contributed by atoms with E-state index in [1.807, 2.05) is 44.2 Å². The maximum atomic E-state index is 12.5. The van der Waals surface area contributed by atoms with Crippen LogP contribution in [-0.4, -0.2) is 35.0 Å². The van der Waals surface area contributed by atoms with Crippen molar-refractivity contribution in [2.75, 3.05) is 5.32 Å². The van der Waals surface area contributed by atoms with Gasteiger partial charge >= 0.3 is 0 Å². The fourth-order valence-corrected chi connectivity index (χ4v) is 3.29. The lowest BCUT2D eigenvalue weighted by Gasteiger charge is -2.08. The first kappa shape index (κ1) is 18.6. The van der Waals surface area contributed by atoms with E-state index >= 15 is 0 Å². The van der Waals surface area contributed by atoms with Crippen molar-refractivity contribution >= 4 is 22.6 Å². The van der Waals surface area contributed by atoms with Gasteiger partial charge in [-0.25, -0.2) is 9.67 Å². The summed E-state index contributed by atoms with van der Waals surface area (Å²) >= 11 is 0. The highest BCUT2D eigenvalue weighted by Crippen LogP contribution is 2.22. The Kier molecular flexibility index (Phi) is 4.71. The molecule has 0 radical (unpaired) electrons. The summed E-state index contributed by atoms with van der Waals surface area (Å²) in [6.07, 6.45) is 3.08. The lowest BCUT2D eigenvalue weighted by molar-refractivity contribution is -0.116. The fraction of sp³-hybridized carbons (Fsp3) is 0.250. The van der Waals surface area contributed by atoms with Crippen molar-refractivity contribution in [2.45, 2.75) is 26.8 Å². The summed E-state index contributed by atoms with van der Waals surface area (Å²) in [7, 11) is 1.73. The Morgan fingerprint density at radius 3 is 2.69 bits per heavy atom. The molecule has 148 valence electrons. The summed E-state index contributed by atoms with van der Waals surface area (Å²) in [4.78, 5) is 29.3. The fourth-order valence-electron chi connectivity index (χ4n) is 3.29. The molecule has 0 bridgehead atoms. The molecular formula is C20H21N7O2. The molecule has 0 aliphatic carbocycles. The number of carbonyl (C=O) groups excluding carboxylic acids is 1. The molecular weight excluding hydrogens is 370 g/mol. The first-order valence-corrected chi connectivity index (χ1v) is 9.24. The molecule has 0 spiro atoms. The van der Waals surface area contributed by atoms with Gasteiger partial charge in [-0.2, -0.15) is 10.2 Å². The van der Waals surface area contributed by atoms with Crippen LogP contribution in [0.3, 0.4) is 0 Å². The summed E-state index contributed by atoms with van der Waals surface area (Å²) in [5.74, 6) is -0.193. The molecule has 0 saturated carbocycles. The minimum Gasteiger partial charge on any atom is -0.323 e. The Labute approximate surface area is 166 Å². The second-order valence-corrected chi connectivity index (χ2v) is 6.84. The number of para-hydroxylation sites is 1. The van der Waals surface area contributed by atoms with Crippen molar-refractivity contribution in [2.24, 2.45) is 7.05 Å². The average Bonchev–Trinajstić information content (AvgIpc) is 3.23. The number of nitrogens with zero attached hydrogens (tertiary/aromatic N) is 6. The molecule has 3 aromatic heterocycles. The highest BCUT2D eigenvalue weighted by molar-refractivity contribution is 5.92. The molecule has 9 nitrogen and oxygen atoms in total. The van der Waals surface area contributed by atoms with Gasteiger partial charge in [0.25, 0.3) is 5.56 Å².